The summed E-state index contributed by atoms with van der Waals surface area (Å²) in [6.07, 6.45) is -0.812. The average Bonchev–Trinajstić information content (AvgIpc) is 3.04. The molecule has 158 valence electrons. The summed E-state index contributed by atoms with van der Waals surface area (Å²) in [6, 6.07) is 1.16. The maximum atomic E-state index is 13.1. The van der Waals surface area contributed by atoms with E-state index in [4.69, 9.17) is 10.6 Å². The molecule has 2 aliphatic rings. The van der Waals surface area contributed by atoms with Crippen molar-refractivity contribution in [3.8, 4) is 0 Å². The molecule has 1 saturated carbocycles. The number of rotatable bonds is 2. The number of aromatic nitrogens is 1. The molecule has 1 aliphatic heterocycles. The third kappa shape index (κ3) is 5.59. The molecule has 1 fully saturated rings. The molecule has 2 N–H and O–H groups in total. The number of nitrogens with two attached hydrogens (primary N) is 1. The van der Waals surface area contributed by atoms with E-state index in [0.717, 1.165) is 35.8 Å². The third-order valence-corrected chi connectivity index (χ3v) is 4.86. The van der Waals surface area contributed by atoms with Crippen molar-refractivity contribution in [1.29, 1.82) is 0 Å². The summed E-state index contributed by atoms with van der Waals surface area (Å²) in [5.41, 5.74) is 6.24. The van der Waals surface area contributed by atoms with Crippen LogP contribution in [-0.2, 0) is 23.9 Å². The van der Waals surface area contributed by atoms with Crippen LogP contribution in [0, 0.1) is 11.8 Å². The number of nitrogens with zero attached hydrogens (tertiary/aromatic N) is 2. The maximum Gasteiger partial charge on any atom is 0.422 e. The first-order valence-electron chi connectivity index (χ1n) is 9.76. The van der Waals surface area contributed by atoms with Crippen LogP contribution in [0.2, 0.25) is 0 Å². The minimum Gasteiger partial charge on any atom is -0.337 e. The van der Waals surface area contributed by atoms with E-state index in [2.05, 4.69) is 20.8 Å². The highest BCUT2D eigenvalue weighted by Crippen LogP contribution is 2.32. The fourth-order valence-electron chi connectivity index (χ4n) is 3.59. The van der Waals surface area contributed by atoms with Crippen LogP contribution in [0.15, 0.2) is 12.3 Å². The third-order valence-electron chi connectivity index (χ3n) is 4.86. The van der Waals surface area contributed by atoms with E-state index in [1.54, 1.807) is 4.90 Å². The number of hydrogen-bond donors (Lipinski definition) is 1. The number of carbonyl (C=O) groups is 1. The Morgan fingerprint density at radius 3 is 2.46 bits per heavy atom. The number of pyridine rings is 1. The normalized spacial score (nSPS) is 21.8. The summed E-state index contributed by atoms with van der Waals surface area (Å²) in [5.74, 6) is 0.719. The van der Waals surface area contributed by atoms with E-state index >= 15 is 0 Å². The molecule has 5 nitrogen and oxygen atoms in total. The van der Waals surface area contributed by atoms with Crippen LogP contribution < -0.4 is 15.3 Å². The molecule has 1 aromatic rings. The van der Waals surface area contributed by atoms with Gasteiger partial charge in [0.05, 0.1) is 13.0 Å². The van der Waals surface area contributed by atoms with Crippen molar-refractivity contribution in [2.45, 2.75) is 65.2 Å². The van der Waals surface area contributed by atoms with Crippen LogP contribution in [0.25, 0.3) is 0 Å². The average molecular weight is 402 g/mol. The Labute approximate surface area is 164 Å². The molecule has 8 heteroatoms. The molecular weight excluding hydrogens is 371 g/mol. The van der Waals surface area contributed by atoms with Crippen LogP contribution >= 0.6 is 0 Å². The van der Waals surface area contributed by atoms with Gasteiger partial charge in [0.1, 0.15) is 12.7 Å². The number of hydrogen-bond acceptors (Lipinski definition) is 3. The zero-order valence-corrected chi connectivity index (χ0v) is 17.1. The zero-order valence-electron chi connectivity index (χ0n) is 17.1. The second-order valence-corrected chi connectivity index (χ2v) is 8.22. The molecule has 2 atom stereocenters. The Balaban J connectivity index is 0.000000640. The van der Waals surface area contributed by atoms with Gasteiger partial charge in [-0.1, -0.05) is 20.8 Å². The predicted octanol–water partition coefficient (Wildman–Crippen LogP) is 2.73. The van der Waals surface area contributed by atoms with Gasteiger partial charge in [-0.25, -0.2) is 0 Å². The van der Waals surface area contributed by atoms with E-state index in [1.165, 1.54) is 7.11 Å². The highest BCUT2D eigenvalue weighted by atomic mass is 19.4. The second-order valence-electron chi connectivity index (χ2n) is 8.22. The van der Waals surface area contributed by atoms with Gasteiger partial charge in [-0.05, 0) is 31.2 Å². The lowest BCUT2D eigenvalue weighted by Gasteiger charge is -2.29. The second kappa shape index (κ2) is 9.11. The fourth-order valence-corrected chi connectivity index (χ4v) is 3.59. The molecular formula is C20H31F3N3O2+. The van der Waals surface area contributed by atoms with Gasteiger partial charge in [0.15, 0.2) is 0 Å². The molecule has 0 spiro atoms. The summed E-state index contributed by atoms with van der Waals surface area (Å²) < 4.78 is 40.3. The Hall–Kier alpha value is -1.83. The van der Waals surface area contributed by atoms with E-state index in [-0.39, 0.29) is 24.4 Å². The summed E-state index contributed by atoms with van der Waals surface area (Å²) in [4.78, 5) is 19.3. The number of amides is 1. The van der Waals surface area contributed by atoms with Gasteiger partial charge in [0.25, 0.3) is 0 Å². The molecule has 1 aromatic heterocycles. The summed E-state index contributed by atoms with van der Waals surface area (Å²) in [6.45, 7) is 7.15. The van der Waals surface area contributed by atoms with Crippen molar-refractivity contribution in [2.24, 2.45) is 17.6 Å². The van der Waals surface area contributed by atoms with Gasteiger partial charge in [0.2, 0.25) is 17.8 Å². The van der Waals surface area contributed by atoms with Crippen LogP contribution in [-0.4, -0.2) is 30.5 Å². The van der Waals surface area contributed by atoms with Crippen molar-refractivity contribution in [1.82, 2.24) is 4.90 Å². The largest absolute Gasteiger partial charge is 0.422 e. The van der Waals surface area contributed by atoms with Gasteiger partial charge in [-0.2, -0.15) is 13.2 Å². The predicted molar refractivity (Wildman–Crippen MR) is 99.1 cm³/mol. The molecule has 3 rings (SSSR count). The van der Waals surface area contributed by atoms with E-state index in [0.29, 0.717) is 30.6 Å². The van der Waals surface area contributed by atoms with Crippen LogP contribution in [0.4, 0.5) is 13.2 Å². The maximum absolute atomic E-state index is 13.1. The molecule has 1 amide bonds. The van der Waals surface area contributed by atoms with Crippen molar-refractivity contribution >= 4 is 5.91 Å². The number of alkyl halides is 3. The van der Waals surface area contributed by atoms with Gasteiger partial charge in [-0.3, -0.25) is 9.63 Å². The molecule has 28 heavy (non-hydrogen) atoms. The fraction of sp³-hybridized carbons (Fsp3) is 0.700. The molecule has 0 bridgehead atoms. The Morgan fingerprint density at radius 2 is 1.96 bits per heavy atom. The molecule has 2 heterocycles. The topological polar surface area (TPSA) is 59.4 Å². The lowest BCUT2D eigenvalue weighted by molar-refractivity contribution is -0.891. The first-order valence-corrected chi connectivity index (χ1v) is 9.76. The monoisotopic (exact) mass is 402 g/mol. The molecule has 0 saturated heterocycles. The zero-order chi connectivity index (χ0) is 21.1. The molecule has 0 aromatic carbocycles. The minimum atomic E-state index is -4.46. The summed E-state index contributed by atoms with van der Waals surface area (Å²) in [5, 5.41) is 0. The highest BCUT2D eigenvalue weighted by molar-refractivity contribution is 5.79. The summed E-state index contributed by atoms with van der Waals surface area (Å²) in [7, 11) is 1.33. The van der Waals surface area contributed by atoms with Crippen molar-refractivity contribution < 1.29 is 27.5 Å². The Morgan fingerprint density at radius 1 is 1.32 bits per heavy atom. The van der Waals surface area contributed by atoms with Crippen molar-refractivity contribution in [3.05, 3.63) is 29.1 Å². The summed E-state index contributed by atoms with van der Waals surface area (Å²) >= 11 is 0. The van der Waals surface area contributed by atoms with E-state index in [9.17, 15) is 18.0 Å². The SMILES string of the molecule is CC(C)C.CO[n+]1cc(C(F)(F)F)cc2c1CCN(C(=O)C1CCC(N)C1)C2. The quantitative estimate of drug-likeness (QED) is 0.774. The lowest BCUT2D eigenvalue weighted by Crippen LogP contribution is -2.50. The highest BCUT2D eigenvalue weighted by Gasteiger charge is 2.39. The van der Waals surface area contributed by atoms with E-state index in [1.807, 2.05) is 0 Å². The van der Waals surface area contributed by atoms with Crippen LogP contribution in [0.1, 0.15) is 56.9 Å². The van der Waals surface area contributed by atoms with Crippen LogP contribution in [0.3, 0.4) is 0 Å². The first-order chi connectivity index (χ1) is 13.0. The standard InChI is InChI=1S/C16H21F3N3O2.C4H10/c1-24-22-9-12(16(17,18)19)6-11-8-21(5-4-14(11)22)15(23)10-2-3-13(20)7-10;1-4(2)3/h6,9-10,13H,2-5,7-8,20H2,1H3;4H,1-3H3/q+1;. The first kappa shape index (κ1) is 22.5. The van der Waals surface area contributed by atoms with Crippen molar-refractivity contribution in [3.63, 3.8) is 0 Å². The number of halogens is 3. The molecule has 0 radical (unpaired) electrons. The van der Waals surface area contributed by atoms with Gasteiger partial charge in [-0.15, -0.1) is 0 Å². The van der Waals surface area contributed by atoms with Crippen LogP contribution in [0.5, 0.6) is 0 Å². The number of carbonyl (C=O) groups excluding carboxylic acids is 1. The smallest absolute Gasteiger partial charge is 0.337 e. The van der Waals surface area contributed by atoms with E-state index < -0.39 is 11.7 Å². The van der Waals surface area contributed by atoms with Gasteiger partial charge in [0, 0.05) is 28.8 Å². The minimum absolute atomic E-state index is 0.00465. The van der Waals surface area contributed by atoms with Crippen molar-refractivity contribution in [2.75, 3.05) is 13.7 Å². The molecule has 2 unspecified atom stereocenters. The molecule has 1 aliphatic carbocycles. The number of fused-ring (bicyclic) bond motifs is 1. The van der Waals surface area contributed by atoms with Gasteiger partial charge < -0.3 is 10.6 Å². The Kier molecular flexibility index (Phi) is 7.31. The Bertz CT molecular complexity index is 689. The lowest BCUT2D eigenvalue weighted by atomic mass is 10.00. The van der Waals surface area contributed by atoms with Gasteiger partial charge >= 0.3 is 6.18 Å².